The molecule has 2 rings (SSSR count). The average Bonchev–Trinajstić information content (AvgIpc) is 2.63. The number of rotatable bonds is 2. The molecule has 1 aromatic heterocycles. The Labute approximate surface area is 120 Å². The Morgan fingerprint density at radius 3 is 2.67 bits per heavy atom. The number of aromatic nitrogens is 2. The minimum Gasteiger partial charge on any atom is -0.389 e. The van der Waals surface area contributed by atoms with Crippen molar-refractivity contribution in [2.75, 3.05) is 0 Å². The summed E-state index contributed by atoms with van der Waals surface area (Å²) in [6, 6.07) is 4.28. The third kappa shape index (κ3) is 3.28. The van der Waals surface area contributed by atoms with Crippen LogP contribution < -0.4 is 10.1 Å². The van der Waals surface area contributed by atoms with Gasteiger partial charge in [-0.15, -0.1) is 5.10 Å². The number of aryl methyl sites for hydroxylation is 1. The molecule has 0 aliphatic carbocycles. The molecule has 8 heteroatoms. The molecule has 0 bridgehead atoms. The lowest BCUT2D eigenvalue weighted by Crippen LogP contribution is -2.42. The zero-order chi connectivity index (χ0) is 15.8. The minimum absolute atomic E-state index is 0.0398. The van der Waals surface area contributed by atoms with Gasteiger partial charge in [-0.3, -0.25) is 14.8 Å². The summed E-state index contributed by atoms with van der Waals surface area (Å²) in [5.41, 5.74) is 0.101. The first kappa shape index (κ1) is 14.8. The summed E-state index contributed by atoms with van der Waals surface area (Å²) < 4.78 is 6.65. The predicted molar refractivity (Wildman–Crippen MR) is 76.3 cm³/mol. The largest absolute Gasteiger partial charge is 0.414 e. The van der Waals surface area contributed by atoms with Gasteiger partial charge in [-0.25, -0.2) is 4.79 Å². The van der Waals surface area contributed by atoms with Gasteiger partial charge in [0.25, 0.3) is 11.6 Å². The molecular weight excluding hydrogens is 276 g/mol. The highest BCUT2D eigenvalue weighted by Crippen LogP contribution is 2.28. The Morgan fingerprint density at radius 2 is 2.10 bits per heavy atom. The Bertz CT molecular complexity index is 715. The molecule has 1 aromatic carbocycles. The van der Waals surface area contributed by atoms with Gasteiger partial charge >= 0.3 is 6.09 Å². The number of carbonyl (C=O) groups excluding carboxylic acids is 1. The van der Waals surface area contributed by atoms with Crippen molar-refractivity contribution in [2.24, 2.45) is 7.05 Å². The Hall–Kier alpha value is -2.64. The van der Waals surface area contributed by atoms with E-state index >= 15 is 0 Å². The van der Waals surface area contributed by atoms with Crippen molar-refractivity contribution in [3.63, 3.8) is 0 Å². The van der Waals surface area contributed by atoms with Crippen molar-refractivity contribution in [2.45, 2.75) is 26.3 Å². The Kier molecular flexibility index (Phi) is 3.54. The molecule has 21 heavy (non-hydrogen) atoms. The van der Waals surface area contributed by atoms with Crippen LogP contribution in [-0.2, 0) is 7.05 Å². The highest BCUT2D eigenvalue weighted by molar-refractivity contribution is 5.88. The Balaban J connectivity index is 2.37. The van der Waals surface area contributed by atoms with Gasteiger partial charge in [-0.2, -0.15) is 0 Å². The van der Waals surface area contributed by atoms with Gasteiger partial charge < -0.3 is 10.1 Å². The average molecular weight is 292 g/mol. The number of amides is 1. The van der Waals surface area contributed by atoms with Crippen molar-refractivity contribution in [3.05, 3.63) is 28.3 Å². The quantitative estimate of drug-likeness (QED) is 0.676. The van der Waals surface area contributed by atoms with Gasteiger partial charge in [0, 0.05) is 24.7 Å². The van der Waals surface area contributed by atoms with Crippen molar-refractivity contribution in [1.29, 1.82) is 0 Å². The van der Waals surface area contributed by atoms with Crippen LogP contribution in [0.1, 0.15) is 20.8 Å². The topological polar surface area (TPSA) is 99.3 Å². The van der Waals surface area contributed by atoms with E-state index < -0.39 is 16.6 Å². The van der Waals surface area contributed by atoms with Crippen LogP contribution in [0.2, 0.25) is 0 Å². The highest BCUT2D eigenvalue weighted by Gasteiger charge is 2.20. The number of nitro groups is 1. The maximum absolute atomic E-state index is 11.8. The fraction of sp³-hybridized carbons (Fsp3) is 0.385. The predicted octanol–water partition coefficient (Wildman–Crippen LogP) is 2.37. The number of nitrogens with zero attached hydrogens (tertiary/aromatic N) is 3. The van der Waals surface area contributed by atoms with E-state index in [9.17, 15) is 14.9 Å². The number of non-ortho nitro benzene ring substituents is 1. The SMILES string of the molecule is Cn1nc(OC(=O)NC(C)(C)C)c2cc([N+](=O)[O-])ccc21. The summed E-state index contributed by atoms with van der Waals surface area (Å²) in [4.78, 5) is 22.1. The van der Waals surface area contributed by atoms with Crippen molar-refractivity contribution < 1.29 is 14.5 Å². The molecule has 0 atom stereocenters. The number of hydrogen-bond acceptors (Lipinski definition) is 5. The highest BCUT2D eigenvalue weighted by atomic mass is 16.6. The van der Waals surface area contributed by atoms with Crippen LogP contribution in [0.25, 0.3) is 10.9 Å². The molecule has 112 valence electrons. The number of benzene rings is 1. The molecule has 1 heterocycles. The van der Waals surface area contributed by atoms with Crippen LogP contribution in [0.3, 0.4) is 0 Å². The second-order valence-corrected chi connectivity index (χ2v) is 5.65. The first-order valence-electron chi connectivity index (χ1n) is 6.28. The number of fused-ring (bicyclic) bond motifs is 1. The number of hydrogen-bond donors (Lipinski definition) is 1. The van der Waals surface area contributed by atoms with Gasteiger partial charge in [0.05, 0.1) is 15.8 Å². The fourth-order valence-electron chi connectivity index (χ4n) is 1.83. The molecule has 0 aliphatic rings. The number of nitro benzene ring substituents is 1. The van der Waals surface area contributed by atoms with Crippen LogP contribution in [0.15, 0.2) is 18.2 Å². The molecular formula is C13H16N4O4. The van der Waals surface area contributed by atoms with Gasteiger partial charge in [-0.05, 0) is 26.8 Å². The molecule has 0 unspecified atom stereocenters. The van der Waals surface area contributed by atoms with Crippen molar-refractivity contribution in [3.8, 4) is 5.88 Å². The van der Waals surface area contributed by atoms with E-state index in [4.69, 9.17) is 4.74 Å². The summed E-state index contributed by atoms with van der Waals surface area (Å²) in [7, 11) is 1.67. The number of carbonyl (C=O) groups is 1. The summed E-state index contributed by atoms with van der Waals surface area (Å²) in [6.45, 7) is 5.45. The van der Waals surface area contributed by atoms with E-state index in [0.29, 0.717) is 10.9 Å². The second kappa shape index (κ2) is 5.04. The van der Waals surface area contributed by atoms with E-state index in [1.807, 2.05) is 20.8 Å². The molecule has 0 fully saturated rings. The van der Waals surface area contributed by atoms with E-state index in [1.54, 1.807) is 13.1 Å². The number of nitrogens with one attached hydrogen (secondary N) is 1. The maximum atomic E-state index is 11.8. The smallest absolute Gasteiger partial charge is 0.389 e. The van der Waals surface area contributed by atoms with Crippen molar-refractivity contribution in [1.82, 2.24) is 15.1 Å². The molecule has 0 saturated carbocycles. The molecule has 0 radical (unpaired) electrons. The summed E-state index contributed by atoms with van der Waals surface area (Å²) in [6.07, 6.45) is -0.658. The summed E-state index contributed by atoms with van der Waals surface area (Å²) in [5.74, 6) is 0.0398. The molecule has 8 nitrogen and oxygen atoms in total. The molecule has 0 spiro atoms. The monoisotopic (exact) mass is 292 g/mol. The molecule has 1 N–H and O–H groups in total. The van der Waals surface area contributed by atoms with E-state index in [2.05, 4.69) is 10.4 Å². The first-order valence-corrected chi connectivity index (χ1v) is 6.28. The summed E-state index contributed by atoms with van der Waals surface area (Å²) in [5, 5.41) is 17.9. The van der Waals surface area contributed by atoms with Crippen LogP contribution >= 0.6 is 0 Å². The van der Waals surface area contributed by atoms with Gasteiger partial charge in [0.15, 0.2) is 0 Å². The van der Waals surface area contributed by atoms with Crippen LogP contribution in [0.4, 0.5) is 10.5 Å². The standard InChI is InChI=1S/C13H16N4O4/c1-13(2,3)14-12(18)21-11-9-7-8(17(19)20)5-6-10(9)16(4)15-11/h5-7H,1-4H3,(H,14,18). The lowest BCUT2D eigenvalue weighted by atomic mass is 10.1. The first-order chi connectivity index (χ1) is 9.67. The lowest BCUT2D eigenvalue weighted by molar-refractivity contribution is -0.384. The van der Waals surface area contributed by atoms with Crippen molar-refractivity contribution >= 4 is 22.7 Å². The molecule has 0 aliphatic heterocycles. The number of ether oxygens (including phenoxy) is 1. The third-order valence-corrected chi connectivity index (χ3v) is 2.68. The molecule has 0 saturated heterocycles. The zero-order valence-electron chi connectivity index (χ0n) is 12.2. The second-order valence-electron chi connectivity index (χ2n) is 5.65. The third-order valence-electron chi connectivity index (χ3n) is 2.68. The lowest BCUT2D eigenvalue weighted by Gasteiger charge is -2.19. The minimum atomic E-state index is -0.658. The van der Waals surface area contributed by atoms with E-state index in [0.717, 1.165) is 0 Å². The van der Waals surface area contributed by atoms with E-state index in [-0.39, 0.29) is 11.6 Å². The molecule has 1 amide bonds. The van der Waals surface area contributed by atoms with Crippen LogP contribution in [-0.4, -0.2) is 26.3 Å². The van der Waals surface area contributed by atoms with Crippen LogP contribution in [0.5, 0.6) is 5.88 Å². The van der Waals surface area contributed by atoms with Crippen LogP contribution in [0, 0.1) is 10.1 Å². The Morgan fingerprint density at radius 1 is 1.43 bits per heavy atom. The van der Waals surface area contributed by atoms with Gasteiger partial charge in [0.2, 0.25) is 0 Å². The van der Waals surface area contributed by atoms with Gasteiger partial charge in [0.1, 0.15) is 0 Å². The normalized spacial score (nSPS) is 11.4. The molecule has 2 aromatic rings. The van der Waals surface area contributed by atoms with Gasteiger partial charge in [-0.1, -0.05) is 0 Å². The fourth-order valence-corrected chi connectivity index (χ4v) is 1.83. The summed E-state index contributed by atoms with van der Waals surface area (Å²) >= 11 is 0. The maximum Gasteiger partial charge on any atom is 0.414 e. The zero-order valence-corrected chi connectivity index (χ0v) is 12.2. The van der Waals surface area contributed by atoms with E-state index in [1.165, 1.54) is 16.8 Å².